The molecule has 2 heterocycles. The highest BCUT2D eigenvalue weighted by Gasteiger charge is 2.32. The Morgan fingerprint density at radius 3 is 2.64 bits per heavy atom. The number of hydrogen-bond acceptors (Lipinski definition) is 3. The Morgan fingerprint density at radius 1 is 1.16 bits per heavy atom. The molecule has 1 unspecified atom stereocenters. The van der Waals surface area contributed by atoms with Crippen LogP contribution in [0.1, 0.15) is 47.3 Å². The highest BCUT2D eigenvalue weighted by Crippen LogP contribution is 2.32. The predicted molar refractivity (Wildman–Crippen MR) is 97.8 cm³/mol. The average Bonchev–Trinajstić information content (AvgIpc) is 2.94. The monoisotopic (exact) mass is 337 g/mol. The molecule has 5 heteroatoms. The van der Waals surface area contributed by atoms with Gasteiger partial charge in [-0.3, -0.25) is 9.59 Å². The van der Waals surface area contributed by atoms with Crippen molar-refractivity contribution in [3.8, 4) is 0 Å². The molecule has 1 atom stereocenters. The first-order chi connectivity index (χ1) is 12.0. The quantitative estimate of drug-likeness (QED) is 0.933. The number of para-hydroxylation sites is 1. The summed E-state index contributed by atoms with van der Waals surface area (Å²) >= 11 is 0. The number of aromatic nitrogens is 1. The summed E-state index contributed by atoms with van der Waals surface area (Å²) in [6.45, 7) is 6.66. The van der Waals surface area contributed by atoms with Crippen LogP contribution in [0, 0.1) is 5.92 Å². The molecular weight excluding hydrogens is 314 g/mol. The summed E-state index contributed by atoms with van der Waals surface area (Å²) in [4.78, 5) is 31.3. The van der Waals surface area contributed by atoms with Crippen LogP contribution < -0.4 is 10.2 Å². The van der Waals surface area contributed by atoms with E-state index in [2.05, 4.69) is 10.3 Å². The number of benzene rings is 1. The number of nitrogens with zero attached hydrogens (tertiary/aromatic N) is 2. The molecule has 25 heavy (non-hydrogen) atoms. The summed E-state index contributed by atoms with van der Waals surface area (Å²) in [6.07, 6.45) is 0.830. The standard InChI is InChI=1S/C20H23N3O2/c1-13(2)12-21-19(24)16-8-6-9-17(22-16)20(25)23-14(3)11-15-7-4-5-10-18(15)23/h4-10,13-14H,11-12H2,1-3H3,(H,21,24). The van der Waals surface area contributed by atoms with E-state index in [1.165, 1.54) is 0 Å². The molecule has 1 aliphatic rings. The van der Waals surface area contributed by atoms with Gasteiger partial charge in [0, 0.05) is 18.3 Å². The lowest BCUT2D eigenvalue weighted by atomic mass is 10.1. The third kappa shape index (κ3) is 3.55. The highest BCUT2D eigenvalue weighted by molar-refractivity contribution is 6.07. The molecule has 0 fully saturated rings. The van der Waals surface area contributed by atoms with E-state index in [9.17, 15) is 9.59 Å². The van der Waals surface area contributed by atoms with Gasteiger partial charge in [0.25, 0.3) is 11.8 Å². The smallest absolute Gasteiger partial charge is 0.277 e. The molecule has 1 aromatic carbocycles. The van der Waals surface area contributed by atoms with Crippen molar-refractivity contribution in [3.05, 3.63) is 59.4 Å². The summed E-state index contributed by atoms with van der Waals surface area (Å²) < 4.78 is 0. The van der Waals surface area contributed by atoms with Crippen LogP contribution in [0.4, 0.5) is 5.69 Å². The molecule has 0 radical (unpaired) electrons. The first kappa shape index (κ1) is 17.1. The first-order valence-electron chi connectivity index (χ1n) is 8.64. The summed E-state index contributed by atoms with van der Waals surface area (Å²) in [6, 6.07) is 13.0. The van der Waals surface area contributed by atoms with Gasteiger partial charge in [0.15, 0.2) is 0 Å². The zero-order valence-corrected chi connectivity index (χ0v) is 14.8. The van der Waals surface area contributed by atoms with Gasteiger partial charge in [0.05, 0.1) is 0 Å². The van der Waals surface area contributed by atoms with E-state index in [1.54, 1.807) is 23.1 Å². The Balaban J connectivity index is 1.84. The molecule has 2 amide bonds. The van der Waals surface area contributed by atoms with Gasteiger partial charge >= 0.3 is 0 Å². The number of amides is 2. The zero-order valence-electron chi connectivity index (χ0n) is 14.8. The van der Waals surface area contributed by atoms with Crippen molar-refractivity contribution in [3.63, 3.8) is 0 Å². The number of pyridine rings is 1. The fraction of sp³-hybridized carbons (Fsp3) is 0.350. The molecule has 0 spiro atoms. The maximum absolute atomic E-state index is 13.0. The third-order valence-corrected chi connectivity index (χ3v) is 4.30. The Morgan fingerprint density at radius 2 is 1.88 bits per heavy atom. The Kier molecular flexibility index (Phi) is 4.83. The van der Waals surface area contributed by atoms with E-state index >= 15 is 0 Å². The van der Waals surface area contributed by atoms with Crippen LogP contribution in [0.5, 0.6) is 0 Å². The van der Waals surface area contributed by atoms with Crippen LogP contribution in [0.3, 0.4) is 0 Å². The van der Waals surface area contributed by atoms with Crippen LogP contribution in [-0.2, 0) is 6.42 Å². The molecular formula is C20H23N3O2. The van der Waals surface area contributed by atoms with Crippen molar-refractivity contribution in [1.29, 1.82) is 0 Å². The average molecular weight is 337 g/mol. The fourth-order valence-electron chi connectivity index (χ4n) is 3.07. The first-order valence-corrected chi connectivity index (χ1v) is 8.64. The molecule has 3 rings (SSSR count). The second-order valence-corrected chi connectivity index (χ2v) is 6.87. The third-order valence-electron chi connectivity index (χ3n) is 4.30. The maximum Gasteiger partial charge on any atom is 0.277 e. The largest absolute Gasteiger partial charge is 0.350 e. The van der Waals surface area contributed by atoms with Gasteiger partial charge in [0.2, 0.25) is 0 Å². The van der Waals surface area contributed by atoms with Gasteiger partial charge in [-0.15, -0.1) is 0 Å². The minimum atomic E-state index is -0.252. The Hall–Kier alpha value is -2.69. The van der Waals surface area contributed by atoms with Crippen LogP contribution in [0.25, 0.3) is 0 Å². The summed E-state index contributed by atoms with van der Waals surface area (Å²) in [5.74, 6) is -0.0649. The predicted octanol–water partition coefficient (Wildman–Crippen LogP) is 3.06. The zero-order chi connectivity index (χ0) is 18.0. The molecule has 0 saturated carbocycles. The van der Waals surface area contributed by atoms with Crippen molar-refractivity contribution < 1.29 is 9.59 Å². The molecule has 1 aliphatic heterocycles. The molecule has 5 nitrogen and oxygen atoms in total. The Labute approximate surface area is 148 Å². The number of fused-ring (bicyclic) bond motifs is 1. The number of carbonyl (C=O) groups excluding carboxylic acids is 2. The molecule has 0 bridgehead atoms. The van der Waals surface area contributed by atoms with Crippen LogP contribution in [0.2, 0.25) is 0 Å². The van der Waals surface area contributed by atoms with Crippen molar-refractivity contribution in [2.45, 2.75) is 33.2 Å². The van der Waals surface area contributed by atoms with Gasteiger partial charge in [-0.2, -0.15) is 0 Å². The molecule has 0 aliphatic carbocycles. The second kappa shape index (κ2) is 7.05. The van der Waals surface area contributed by atoms with E-state index in [0.29, 0.717) is 18.2 Å². The van der Waals surface area contributed by atoms with Crippen molar-refractivity contribution in [1.82, 2.24) is 10.3 Å². The molecule has 130 valence electrons. The summed E-state index contributed by atoms with van der Waals surface area (Å²) in [7, 11) is 0. The van der Waals surface area contributed by atoms with Crippen LogP contribution >= 0.6 is 0 Å². The molecule has 2 aromatic rings. The van der Waals surface area contributed by atoms with Gasteiger partial charge in [-0.1, -0.05) is 38.1 Å². The number of hydrogen-bond donors (Lipinski definition) is 1. The van der Waals surface area contributed by atoms with E-state index < -0.39 is 0 Å². The maximum atomic E-state index is 13.0. The lowest BCUT2D eigenvalue weighted by Crippen LogP contribution is -2.36. The minimum absolute atomic E-state index is 0.0742. The van der Waals surface area contributed by atoms with Crippen LogP contribution in [-0.4, -0.2) is 29.4 Å². The molecule has 0 saturated heterocycles. The normalized spacial score (nSPS) is 16.0. The number of nitrogens with one attached hydrogen (secondary N) is 1. The van der Waals surface area contributed by atoms with Crippen LogP contribution in [0.15, 0.2) is 42.5 Å². The van der Waals surface area contributed by atoms with Crippen molar-refractivity contribution in [2.75, 3.05) is 11.4 Å². The minimum Gasteiger partial charge on any atom is -0.350 e. The second-order valence-electron chi connectivity index (χ2n) is 6.87. The van der Waals surface area contributed by atoms with E-state index in [-0.39, 0.29) is 23.6 Å². The SMILES string of the molecule is CC(C)CNC(=O)c1cccc(C(=O)N2c3ccccc3CC2C)n1. The van der Waals surface area contributed by atoms with Gasteiger partial charge in [-0.05, 0) is 43.0 Å². The van der Waals surface area contributed by atoms with Crippen molar-refractivity contribution in [2.24, 2.45) is 5.92 Å². The number of rotatable bonds is 4. The van der Waals surface area contributed by atoms with E-state index in [0.717, 1.165) is 17.7 Å². The van der Waals surface area contributed by atoms with E-state index in [4.69, 9.17) is 0 Å². The van der Waals surface area contributed by atoms with Gasteiger partial charge in [0.1, 0.15) is 11.4 Å². The molecule has 1 N–H and O–H groups in total. The lowest BCUT2D eigenvalue weighted by molar-refractivity contribution is 0.0943. The Bertz CT molecular complexity index is 801. The number of anilines is 1. The summed E-state index contributed by atoms with van der Waals surface area (Å²) in [5, 5.41) is 2.83. The summed E-state index contributed by atoms with van der Waals surface area (Å²) in [5.41, 5.74) is 2.65. The molecule has 1 aromatic heterocycles. The van der Waals surface area contributed by atoms with Gasteiger partial charge in [-0.25, -0.2) is 4.98 Å². The lowest BCUT2D eigenvalue weighted by Gasteiger charge is -2.22. The highest BCUT2D eigenvalue weighted by atomic mass is 16.2. The fourth-order valence-corrected chi connectivity index (χ4v) is 3.07. The topological polar surface area (TPSA) is 62.3 Å². The van der Waals surface area contributed by atoms with Gasteiger partial charge < -0.3 is 10.2 Å². The number of carbonyl (C=O) groups is 2. The van der Waals surface area contributed by atoms with Crippen molar-refractivity contribution >= 4 is 17.5 Å². The van der Waals surface area contributed by atoms with E-state index in [1.807, 2.05) is 45.0 Å².